The second-order valence-electron chi connectivity index (χ2n) is 3.54. The molecule has 0 heterocycles. The largest absolute Gasteiger partial charge is 0.396 e. The Kier molecular flexibility index (Phi) is 5.08. The van der Waals surface area contributed by atoms with Gasteiger partial charge in [0.15, 0.2) is 0 Å². The number of hydrogen-bond acceptors (Lipinski definition) is 1. The molecule has 0 aliphatic heterocycles. The number of nitrogens with one attached hydrogen (secondary N) is 1. The molecule has 1 rings (SSSR count). The molecule has 0 spiro atoms. The van der Waals surface area contributed by atoms with Crippen LogP contribution in [-0.2, 0) is 6.42 Å². The van der Waals surface area contributed by atoms with E-state index < -0.39 is 0 Å². The van der Waals surface area contributed by atoms with E-state index in [1.54, 1.807) is 0 Å². The third-order valence-corrected chi connectivity index (χ3v) is 2.37. The molecule has 0 fully saturated rings. The van der Waals surface area contributed by atoms with Gasteiger partial charge in [-0.05, 0) is 30.9 Å². The van der Waals surface area contributed by atoms with Crippen LogP contribution in [0.25, 0.3) is 0 Å². The van der Waals surface area contributed by atoms with Crippen molar-refractivity contribution in [2.45, 2.75) is 32.1 Å². The van der Waals surface area contributed by atoms with Crippen LogP contribution in [0.2, 0.25) is 0 Å². The molecule has 77 valence electrons. The first-order chi connectivity index (χ1) is 6.84. The van der Waals surface area contributed by atoms with Gasteiger partial charge in [0.2, 0.25) is 0 Å². The first-order valence-corrected chi connectivity index (χ1v) is 5.25. The lowest BCUT2D eigenvalue weighted by molar-refractivity contribution is 0.282. The summed E-state index contributed by atoms with van der Waals surface area (Å²) in [4.78, 5) is 0. The maximum Gasteiger partial charge on any atom is 0.0571 e. The summed E-state index contributed by atoms with van der Waals surface area (Å²) in [5.41, 5.74) is 9.43. The summed E-state index contributed by atoms with van der Waals surface area (Å²) in [6.07, 6.45) is 5.26. The summed E-state index contributed by atoms with van der Waals surface area (Å²) in [5, 5.41) is 8.60. The van der Waals surface area contributed by atoms with E-state index in [0.29, 0.717) is 12.3 Å². The molecule has 0 atom stereocenters. The fraction of sp³-hybridized carbons (Fsp3) is 0.500. The molecule has 0 unspecified atom stereocenters. The molecule has 2 N–H and O–H groups in total. The molecule has 0 aliphatic carbocycles. The number of benzene rings is 1. The Balaban J connectivity index is 2.21. The van der Waals surface area contributed by atoms with Crippen molar-refractivity contribution in [3.8, 4) is 0 Å². The van der Waals surface area contributed by atoms with Crippen molar-refractivity contribution in [1.29, 1.82) is 0 Å². The highest BCUT2D eigenvalue weighted by atomic mass is 16.2. The Bertz CT molecular complexity index is 260. The fourth-order valence-electron chi connectivity index (χ4n) is 1.52. The molecule has 1 radical (unpaired) electrons. The zero-order valence-electron chi connectivity index (χ0n) is 8.50. The quantitative estimate of drug-likeness (QED) is 0.692. The Morgan fingerprint density at radius 1 is 1.00 bits per heavy atom. The Morgan fingerprint density at radius 3 is 2.43 bits per heavy atom. The topological polar surface area (TPSA) is 44.0 Å². The summed E-state index contributed by atoms with van der Waals surface area (Å²) in [5.74, 6) is 0. The van der Waals surface area contributed by atoms with E-state index in [-0.39, 0.29) is 0 Å². The van der Waals surface area contributed by atoms with Gasteiger partial charge < -0.3 is 10.8 Å². The highest BCUT2D eigenvalue weighted by molar-refractivity contribution is 5.42. The van der Waals surface area contributed by atoms with E-state index in [4.69, 9.17) is 10.8 Å². The highest BCUT2D eigenvalue weighted by Gasteiger charge is 1.97. The lowest BCUT2D eigenvalue weighted by Crippen LogP contribution is -1.89. The molecular formula is C12H18NO. The molecule has 14 heavy (non-hydrogen) atoms. The van der Waals surface area contributed by atoms with E-state index in [0.717, 1.165) is 37.7 Å². The zero-order valence-corrected chi connectivity index (χ0v) is 8.50. The minimum Gasteiger partial charge on any atom is -0.396 e. The first kappa shape index (κ1) is 11.1. The van der Waals surface area contributed by atoms with Gasteiger partial charge in [-0.3, -0.25) is 0 Å². The lowest BCUT2D eigenvalue weighted by Gasteiger charge is -2.03. The van der Waals surface area contributed by atoms with Gasteiger partial charge in [0.25, 0.3) is 0 Å². The van der Waals surface area contributed by atoms with Crippen molar-refractivity contribution in [1.82, 2.24) is 5.73 Å². The van der Waals surface area contributed by atoms with Crippen LogP contribution in [0.1, 0.15) is 31.2 Å². The summed E-state index contributed by atoms with van der Waals surface area (Å²) < 4.78 is 0. The van der Waals surface area contributed by atoms with Gasteiger partial charge in [0, 0.05) is 6.61 Å². The van der Waals surface area contributed by atoms with Crippen LogP contribution in [-0.4, -0.2) is 11.7 Å². The van der Waals surface area contributed by atoms with Gasteiger partial charge in [-0.15, -0.1) is 0 Å². The van der Waals surface area contributed by atoms with Gasteiger partial charge in [-0.2, -0.15) is 0 Å². The van der Waals surface area contributed by atoms with Crippen molar-refractivity contribution in [3.05, 3.63) is 29.8 Å². The number of rotatable bonds is 6. The number of aliphatic hydroxyl groups excluding tert-OH is 1. The number of aryl methyl sites for hydroxylation is 1. The highest BCUT2D eigenvalue weighted by Crippen LogP contribution is 2.15. The van der Waals surface area contributed by atoms with E-state index in [9.17, 15) is 0 Å². The lowest BCUT2D eigenvalue weighted by atomic mass is 10.0. The van der Waals surface area contributed by atoms with Crippen molar-refractivity contribution in [3.63, 3.8) is 0 Å². The summed E-state index contributed by atoms with van der Waals surface area (Å²) in [7, 11) is 0. The number of aliphatic hydroxyl groups is 1. The third kappa shape index (κ3) is 3.79. The van der Waals surface area contributed by atoms with Crippen LogP contribution in [0.15, 0.2) is 24.3 Å². The molecule has 0 saturated carbocycles. The molecular weight excluding hydrogens is 174 g/mol. The van der Waals surface area contributed by atoms with E-state index >= 15 is 0 Å². The van der Waals surface area contributed by atoms with Crippen molar-refractivity contribution >= 4 is 5.69 Å². The van der Waals surface area contributed by atoms with Crippen LogP contribution in [0.5, 0.6) is 0 Å². The summed E-state index contributed by atoms with van der Waals surface area (Å²) in [6, 6.07) is 7.75. The molecule has 1 aromatic carbocycles. The van der Waals surface area contributed by atoms with E-state index in [1.807, 2.05) is 24.3 Å². The molecule has 2 heteroatoms. The van der Waals surface area contributed by atoms with Gasteiger partial charge in [0.1, 0.15) is 0 Å². The second-order valence-corrected chi connectivity index (χ2v) is 3.54. The normalized spacial score (nSPS) is 10.4. The molecule has 0 amide bonds. The molecule has 1 aromatic rings. The molecule has 0 bridgehead atoms. The maximum absolute atomic E-state index is 8.60. The minimum atomic E-state index is 0.301. The second kappa shape index (κ2) is 6.44. The average Bonchev–Trinajstić information content (AvgIpc) is 2.20. The Hall–Kier alpha value is -1.02. The van der Waals surface area contributed by atoms with E-state index in [1.165, 1.54) is 0 Å². The Labute approximate surface area is 85.8 Å². The monoisotopic (exact) mass is 192 g/mol. The standard InChI is InChI=1S/C12H18NO/c13-12-9-5-4-8-11(12)7-3-1-2-6-10-14/h4-5,8-9,13-14H,1-3,6-7,10H2. The predicted octanol–water partition coefficient (Wildman–Crippen LogP) is 2.70. The summed E-state index contributed by atoms with van der Waals surface area (Å²) >= 11 is 0. The first-order valence-electron chi connectivity index (χ1n) is 5.25. The van der Waals surface area contributed by atoms with Gasteiger partial charge in [-0.1, -0.05) is 31.0 Å². The Morgan fingerprint density at radius 2 is 1.71 bits per heavy atom. The smallest absolute Gasteiger partial charge is 0.0571 e. The molecule has 0 aromatic heterocycles. The van der Waals surface area contributed by atoms with Gasteiger partial charge in [0.05, 0.1) is 5.69 Å². The minimum absolute atomic E-state index is 0.301. The fourth-order valence-corrected chi connectivity index (χ4v) is 1.52. The molecule has 0 saturated heterocycles. The van der Waals surface area contributed by atoms with Crippen molar-refractivity contribution in [2.24, 2.45) is 0 Å². The molecule has 2 nitrogen and oxygen atoms in total. The maximum atomic E-state index is 8.60. The van der Waals surface area contributed by atoms with Gasteiger partial charge >= 0.3 is 0 Å². The zero-order chi connectivity index (χ0) is 10.2. The predicted molar refractivity (Wildman–Crippen MR) is 58.5 cm³/mol. The third-order valence-electron chi connectivity index (χ3n) is 2.37. The van der Waals surface area contributed by atoms with Crippen molar-refractivity contribution < 1.29 is 5.11 Å². The van der Waals surface area contributed by atoms with Crippen LogP contribution < -0.4 is 5.73 Å². The number of hydrogen-bond donors (Lipinski definition) is 1. The number of unbranched alkanes of at least 4 members (excludes halogenated alkanes) is 3. The van der Waals surface area contributed by atoms with Crippen LogP contribution in [0.3, 0.4) is 0 Å². The van der Waals surface area contributed by atoms with Crippen LogP contribution in [0, 0.1) is 0 Å². The molecule has 0 aliphatic rings. The van der Waals surface area contributed by atoms with Crippen molar-refractivity contribution in [2.75, 3.05) is 6.61 Å². The van der Waals surface area contributed by atoms with Crippen LogP contribution >= 0.6 is 0 Å². The summed E-state index contributed by atoms with van der Waals surface area (Å²) in [6.45, 7) is 0.301. The average molecular weight is 192 g/mol. The van der Waals surface area contributed by atoms with Gasteiger partial charge in [-0.25, -0.2) is 0 Å². The van der Waals surface area contributed by atoms with E-state index in [2.05, 4.69) is 0 Å². The SMILES string of the molecule is [NH]c1ccccc1CCCCCCO. The van der Waals surface area contributed by atoms with Crippen LogP contribution in [0.4, 0.5) is 5.69 Å².